The lowest BCUT2D eigenvalue weighted by Crippen LogP contribution is -2.10. The summed E-state index contributed by atoms with van der Waals surface area (Å²) in [6.07, 6.45) is 2.41. The molecule has 25 heavy (non-hydrogen) atoms. The molecule has 0 aliphatic heterocycles. The molecule has 0 unspecified atom stereocenters. The monoisotopic (exact) mass is 355 g/mol. The lowest BCUT2D eigenvalue weighted by molar-refractivity contribution is -0.129. The molecule has 0 aliphatic carbocycles. The Labute approximate surface area is 152 Å². The zero-order valence-corrected chi connectivity index (χ0v) is 14.8. The second kappa shape index (κ2) is 8.91. The van der Waals surface area contributed by atoms with Crippen molar-refractivity contribution >= 4 is 23.6 Å². The Morgan fingerprint density at radius 1 is 1.20 bits per heavy atom. The third-order valence-corrected chi connectivity index (χ3v) is 3.77. The quantitative estimate of drug-likeness (QED) is 0.318. The average Bonchev–Trinajstić information content (AvgIpc) is 2.62. The smallest absolute Gasteiger partial charge is 0.354 e. The summed E-state index contributed by atoms with van der Waals surface area (Å²) in [7, 11) is 0. The number of ether oxygens (including phenoxy) is 2. The van der Waals surface area contributed by atoms with Gasteiger partial charge >= 0.3 is 5.97 Å². The van der Waals surface area contributed by atoms with Gasteiger partial charge in [-0.25, -0.2) is 4.79 Å². The van der Waals surface area contributed by atoms with Crippen molar-refractivity contribution in [1.82, 2.24) is 0 Å². The number of carbonyl (C=O) groups excluding carboxylic acids is 1. The average molecular weight is 356 g/mol. The molecule has 128 valence electrons. The van der Waals surface area contributed by atoms with E-state index in [0.717, 1.165) is 17.7 Å². The lowest BCUT2D eigenvalue weighted by Gasteiger charge is -2.06. The van der Waals surface area contributed by atoms with Crippen molar-refractivity contribution in [3.63, 3.8) is 0 Å². The largest absolute Gasteiger partial charge is 0.494 e. The van der Waals surface area contributed by atoms with Gasteiger partial charge in [0.1, 0.15) is 23.1 Å². The molecular weight excluding hydrogens is 338 g/mol. The van der Waals surface area contributed by atoms with Crippen LogP contribution in [0.4, 0.5) is 0 Å². The molecule has 0 saturated heterocycles. The molecule has 0 aliphatic rings. The maximum Gasteiger partial charge on any atom is 0.354 e. The van der Waals surface area contributed by atoms with Crippen LogP contribution in [0.5, 0.6) is 11.5 Å². The number of nitriles is 1. The minimum Gasteiger partial charge on any atom is -0.494 e. The van der Waals surface area contributed by atoms with Crippen LogP contribution in [0.25, 0.3) is 6.08 Å². The van der Waals surface area contributed by atoms with Gasteiger partial charge in [0, 0.05) is 5.02 Å². The van der Waals surface area contributed by atoms with Gasteiger partial charge in [0.15, 0.2) is 0 Å². The van der Waals surface area contributed by atoms with Crippen LogP contribution in [-0.4, -0.2) is 12.6 Å². The minimum absolute atomic E-state index is 0.0881. The zero-order chi connectivity index (χ0) is 18.2. The lowest BCUT2D eigenvalue weighted by atomic mass is 10.1. The molecule has 2 aromatic rings. The second-order valence-corrected chi connectivity index (χ2v) is 5.80. The first-order chi connectivity index (χ1) is 12.0. The number of esters is 1. The van der Waals surface area contributed by atoms with E-state index in [1.54, 1.807) is 42.5 Å². The first kappa shape index (κ1) is 18.6. The van der Waals surface area contributed by atoms with Crippen LogP contribution in [0, 0.1) is 18.3 Å². The molecule has 0 heterocycles. The highest BCUT2D eigenvalue weighted by atomic mass is 35.5. The van der Waals surface area contributed by atoms with Gasteiger partial charge in [0.25, 0.3) is 0 Å². The highest BCUT2D eigenvalue weighted by Crippen LogP contribution is 2.22. The van der Waals surface area contributed by atoms with E-state index in [2.05, 4.69) is 0 Å². The van der Waals surface area contributed by atoms with Gasteiger partial charge in [-0.2, -0.15) is 5.26 Å². The van der Waals surface area contributed by atoms with Crippen molar-refractivity contribution in [2.24, 2.45) is 0 Å². The topological polar surface area (TPSA) is 59.3 Å². The molecule has 0 radical (unpaired) electrons. The Balaban J connectivity index is 2.12. The summed E-state index contributed by atoms with van der Waals surface area (Å²) in [5.74, 6) is 0.378. The van der Waals surface area contributed by atoms with E-state index in [1.807, 2.05) is 19.9 Å². The molecule has 5 heteroatoms. The van der Waals surface area contributed by atoms with Crippen molar-refractivity contribution < 1.29 is 14.3 Å². The molecule has 2 rings (SSSR count). The van der Waals surface area contributed by atoms with Crippen molar-refractivity contribution in [2.45, 2.75) is 20.3 Å². The summed E-state index contributed by atoms with van der Waals surface area (Å²) in [5.41, 5.74) is 1.41. The maximum absolute atomic E-state index is 12.2. The van der Waals surface area contributed by atoms with Gasteiger partial charge < -0.3 is 9.47 Å². The van der Waals surface area contributed by atoms with Crippen LogP contribution in [0.2, 0.25) is 5.02 Å². The SMILES string of the molecule is CCCOc1ccc(/C=C(\C#N)C(=O)Oc2ccc(Cl)c(C)c2)cc1. The van der Waals surface area contributed by atoms with Crippen LogP contribution in [0.3, 0.4) is 0 Å². The van der Waals surface area contributed by atoms with Crippen LogP contribution < -0.4 is 9.47 Å². The fraction of sp³-hybridized carbons (Fsp3) is 0.200. The first-order valence-electron chi connectivity index (χ1n) is 7.86. The van der Waals surface area contributed by atoms with Gasteiger partial charge in [-0.15, -0.1) is 0 Å². The summed E-state index contributed by atoms with van der Waals surface area (Å²) in [4.78, 5) is 12.2. The molecule has 0 N–H and O–H groups in total. The number of halogens is 1. The Morgan fingerprint density at radius 2 is 1.88 bits per heavy atom. The van der Waals surface area contributed by atoms with E-state index in [-0.39, 0.29) is 5.57 Å². The summed E-state index contributed by atoms with van der Waals surface area (Å²) in [6, 6.07) is 13.9. The number of benzene rings is 2. The summed E-state index contributed by atoms with van der Waals surface area (Å²) in [6.45, 7) is 4.48. The van der Waals surface area contributed by atoms with Gasteiger partial charge in [-0.1, -0.05) is 30.7 Å². The molecule has 0 amide bonds. The Bertz CT molecular complexity index is 820. The van der Waals surface area contributed by atoms with E-state index >= 15 is 0 Å². The van der Waals surface area contributed by atoms with Crippen molar-refractivity contribution in [3.8, 4) is 17.6 Å². The van der Waals surface area contributed by atoms with E-state index in [9.17, 15) is 10.1 Å². The number of carbonyl (C=O) groups is 1. The molecule has 0 bridgehead atoms. The van der Waals surface area contributed by atoms with Gasteiger partial charge in [0.2, 0.25) is 0 Å². The van der Waals surface area contributed by atoms with Crippen molar-refractivity contribution in [3.05, 3.63) is 64.2 Å². The molecule has 0 saturated carbocycles. The molecule has 0 atom stereocenters. The summed E-state index contributed by atoms with van der Waals surface area (Å²) < 4.78 is 10.7. The van der Waals surface area contributed by atoms with Crippen LogP contribution >= 0.6 is 11.6 Å². The third-order valence-electron chi connectivity index (χ3n) is 3.34. The highest BCUT2D eigenvalue weighted by molar-refractivity contribution is 6.31. The van der Waals surface area contributed by atoms with Crippen molar-refractivity contribution in [1.29, 1.82) is 5.26 Å². The summed E-state index contributed by atoms with van der Waals surface area (Å²) in [5, 5.41) is 9.82. The molecule has 0 fully saturated rings. The van der Waals surface area contributed by atoms with E-state index in [4.69, 9.17) is 21.1 Å². The van der Waals surface area contributed by atoms with Crippen LogP contribution in [0.1, 0.15) is 24.5 Å². The predicted octanol–water partition coefficient (Wildman–Crippen LogP) is 4.95. The molecule has 4 nitrogen and oxygen atoms in total. The molecule has 2 aromatic carbocycles. The standard InChI is InChI=1S/C20H18ClNO3/c1-3-10-24-17-6-4-15(5-7-17)12-16(13-22)20(23)25-18-8-9-19(21)14(2)11-18/h4-9,11-12H,3,10H2,1-2H3/b16-12+. The normalized spacial score (nSPS) is 10.9. The van der Waals surface area contributed by atoms with Gasteiger partial charge in [-0.3, -0.25) is 0 Å². The number of hydrogen-bond acceptors (Lipinski definition) is 4. The Hall–Kier alpha value is -2.77. The van der Waals surface area contributed by atoms with Crippen molar-refractivity contribution in [2.75, 3.05) is 6.61 Å². The van der Waals surface area contributed by atoms with Crippen LogP contribution in [0.15, 0.2) is 48.0 Å². The third kappa shape index (κ3) is 5.37. The predicted molar refractivity (Wildman–Crippen MR) is 97.6 cm³/mol. The molecule has 0 aromatic heterocycles. The fourth-order valence-corrected chi connectivity index (χ4v) is 2.14. The van der Waals surface area contributed by atoms with Gasteiger partial charge in [-0.05, 0) is 60.9 Å². The zero-order valence-electron chi connectivity index (χ0n) is 14.1. The fourth-order valence-electron chi connectivity index (χ4n) is 2.03. The minimum atomic E-state index is -0.712. The van der Waals surface area contributed by atoms with Gasteiger partial charge in [0.05, 0.1) is 6.61 Å². The number of aryl methyl sites for hydroxylation is 1. The summed E-state index contributed by atoms with van der Waals surface area (Å²) >= 11 is 5.94. The molecular formula is C20H18ClNO3. The van der Waals surface area contributed by atoms with Crippen LogP contribution in [-0.2, 0) is 4.79 Å². The first-order valence-corrected chi connectivity index (χ1v) is 8.24. The number of nitrogens with zero attached hydrogens (tertiary/aromatic N) is 1. The van der Waals surface area contributed by atoms with E-state index in [1.165, 1.54) is 6.08 Å². The Morgan fingerprint density at radius 3 is 2.48 bits per heavy atom. The number of rotatable bonds is 6. The maximum atomic E-state index is 12.2. The molecule has 0 spiro atoms. The number of hydrogen-bond donors (Lipinski definition) is 0. The van der Waals surface area contributed by atoms with E-state index in [0.29, 0.717) is 22.9 Å². The Kier molecular flexibility index (Phi) is 6.62. The second-order valence-electron chi connectivity index (χ2n) is 5.39. The highest BCUT2D eigenvalue weighted by Gasteiger charge is 2.12. The van der Waals surface area contributed by atoms with E-state index < -0.39 is 5.97 Å².